The Morgan fingerprint density at radius 2 is 1.38 bits per heavy atom. The highest BCUT2D eigenvalue weighted by Crippen LogP contribution is 2.60. The van der Waals surface area contributed by atoms with Crippen molar-refractivity contribution in [2.45, 2.75) is 62.4 Å². The second-order valence-electron chi connectivity index (χ2n) is 12.5. The molecule has 0 radical (unpaired) electrons. The van der Waals surface area contributed by atoms with Gasteiger partial charge in [-0.1, -0.05) is 90.8 Å². The van der Waals surface area contributed by atoms with Gasteiger partial charge in [0.2, 0.25) is 0 Å². The van der Waals surface area contributed by atoms with Gasteiger partial charge in [0, 0.05) is 12.0 Å². The summed E-state index contributed by atoms with van der Waals surface area (Å²) in [7, 11) is 0. The van der Waals surface area contributed by atoms with Gasteiger partial charge in [-0.15, -0.1) is 0 Å². The molecule has 0 saturated carbocycles. The van der Waals surface area contributed by atoms with Gasteiger partial charge in [0.05, 0.1) is 52.9 Å². The molecule has 0 bridgehead atoms. The Hall–Kier alpha value is -5.21. The fourth-order valence-corrected chi connectivity index (χ4v) is 8.34. The summed E-state index contributed by atoms with van der Waals surface area (Å²) in [6, 6.07) is 20.6. The van der Waals surface area contributed by atoms with Gasteiger partial charge in [0.15, 0.2) is 0 Å². The molecular formula is C39H40N2O10S2. The molecule has 3 aromatic rings. The number of carboxylic acids is 2. The predicted molar refractivity (Wildman–Crippen MR) is 198 cm³/mol. The molecular weight excluding hydrogens is 721 g/mol. The highest BCUT2D eigenvalue weighted by molar-refractivity contribution is 8.25. The van der Waals surface area contributed by atoms with E-state index in [0.717, 1.165) is 11.1 Å². The fraction of sp³-hybridized carbons (Fsp3) is 0.308. The van der Waals surface area contributed by atoms with E-state index in [1.807, 2.05) is 60.7 Å². The molecule has 2 aliphatic heterocycles. The Morgan fingerprint density at radius 1 is 0.811 bits per heavy atom. The van der Waals surface area contributed by atoms with E-state index in [2.05, 4.69) is 6.58 Å². The van der Waals surface area contributed by atoms with E-state index in [4.69, 9.17) is 19.3 Å². The molecule has 53 heavy (non-hydrogen) atoms. The van der Waals surface area contributed by atoms with Crippen molar-refractivity contribution in [2.75, 3.05) is 19.8 Å². The molecule has 3 aromatic carbocycles. The van der Waals surface area contributed by atoms with Crippen LogP contribution in [-0.4, -0.2) is 69.8 Å². The zero-order valence-corrected chi connectivity index (χ0v) is 31.0. The number of hydrogen-bond donors (Lipinski definition) is 2. The lowest BCUT2D eigenvalue weighted by atomic mass is 10.0. The number of nitrogens with zero attached hydrogens (tertiary/aromatic N) is 2. The molecule has 2 heterocycles. The summed E-state index contributed by atoms with van der Waals surface area (Å²) < 4.78 is 17.8. The first-order valence-corrected chi connectivity index (χ1v) is 18.6. The maximum Gasteiger partial charge on any atom is 0.333 e. The maximum atomic E-state index is 14.2. The molecule has 2 aliphatic rings. The van der Waals surface area contributed by atoms with E-state index in [9.17, 15) is 29.1 Å². The molecule has 1 atom stereocenters. The molecule has 278 valence electrons. The summed E-state index contributed by atoms with van der Waals surface area (Å²) in [5.41, 5.74) is 2.61. The van der Waals surface area contributed by atoms with Crippen molar-refractivity contribution in [1.29, 1.82) is 0 Å². The van der Waals surface area contributed by atoms with E-state index in [-0.39, 0.29) is 69.7 Å². The van der Waals surface area contributed by atoms with Crippen molar-refractivity contribution >= 4 is 53.2 Å². The van der Waals surface area contributed by atoms with E-state index in [1.165, 1.54) is 40.5 Å². The van der Waals surface area contributed by atoms with Crippen molar-refractivity contribution in [3.05, 3.63) is 105 Å². The Labute approximate surface area is 315 Å². The topological polar surface area (TPSA) is 160 Å². The van der Waals surface area contributed by atoms with Crippen LogP contribution in [0, 0.1) is 12.8 Å². The van der Waals surface area contributed by atoms with Gasteiger partial charge in [-0.25, -0.2) is 14.8 Å². The Kier molecular flexibility index (Phi) is 13.3. The summed E-state index contributed by atoms with van der Waals surface area (Å²) in [5.74, 6) is -3.43. The standard InChI is InChI=1S/C39H40N2O10S2/c1-24(2)38(48)51-20-17-28(37(46)47)16-19-49-29-21-25(3)32(50-18-10-15-30(42)43)34-33(29)52-39(53-34)31-35(44)40(22-26-11-6-4-7-12-26)41(36(31)45)23-27-13-8-5-9-14-27/h4-9,11-14,21,28H,1,10,15-20,22-23H2,2-3H3,(H,42,43)(H,46,47). The number of hydrazine groups is 1. The van der Waals surface area contributed by atoms with E-state index in [0.29, 0.717) is 31.1 Å². The molecule has 0 aliphatic carbocycles. The monoisotopic (exact) mass is 760 g/mol. The highest BCUT2D eigenvalue weighted by Gasteiger charge is 2.45. The lowest BCUT2D eigenvalue weighted by Gasteiger charge is -2.27. The lowest BCUT2D eigenvalue weighted by molar-refractivity contribution is -0.149. The molecule has 1 saturated heterocycles. The minimum atomic E-state index is -1.05. The van der Waals surface area contributed by atoms with E-state index < -0.39 is 35.6 Å². The van der Waals surface area contributed by atoms with Crippen molar-refractivity contribution < 1.29 is 48.4 Å². The third kappa shape index (κ3) is 9.82. The number of rotatable bonds is 18. The third-order valence-corrected chi connectivity index (χ3v) is 11.0. The van der Waals surface area contributed by atoms with Crippen LogP contribution in [0.3, 0.4) is 0 Å². The average molecular weight is 761 g/mol. The van der Waals surface area contributed by atoms with Crippen LogP contribution in [0.1, 0.15) is 49.3 Å². The summed E-state index contributed by atoms with van der Waals surface area (Å²) in [5, 5.41) is 21.8. The van der Waals surface area contributed by atoms with Gasteiger partial charge in [-0.3, -0.25) is 19.2 Å². The number of aliphatic carboxylic acids is 2. The number of carbonyl (C=O) groups excluding carboxylic acids is 3. The SMILES string of the molecule is C=C(C)C(=O)OCCC(CCOc1cc(C)c(OCCCC(=O)O)c2c1SC(=C1C(=O)N(Cc3ccccc3)N(Cc3ccccc3)C1=O)S2)C(=O)O. The first-order valence-electron chi connectivity index (χ1n) is 17.0. The van der Waals surface area contributed by atoms with Crippen molar-refractivity contribution in [3.63, 3.8) is 0 Å². The minimum absolute atomic E-state index is 0.0127. The molecule has 2 amide bonds. The lowest BCUT2D eigenvalue weighted by Crippen LogP contribution is -2.39. The molecule has 0 aromatic heterocycles. The molecule has 0 spiro atoms. The number of fused-ring (bicyclic) bond motifs is 1. The van der Waals surface area contributed by atoms with Gasteiger partial charge in [-0.05, 0) is 55.9 Å². The van der Waals surface area contributed by atoms with Crippen LogP contribution in [0.5, 0.6) is 11.5 Å². The highest BCUT2D eigenvalue weighted by atomic mass is 32.2. The summed E-state index contributed by atoms with van der Waals surface area (Å²) in [6.07, 6.45) is 0.398. The van der Waals surface area contributed by atoms with Crippen LogP contribution >= 0.6 is 23.5 Å². The first kappa shape index (κ1) is 39.0. The Balaban J connectivity index is 1.43. The maximum absolute atomic E-state index is 14.2. The van der Waals surface area contributed by atoms with Crippen LogP contribution < -0.4 is 9.47 Å². The first-order chi connectivity index (χ1) is 25.4. The van der Waals surface area contributed by atoms with E-state index >= 15 is 0 Å². The predicted octanol–water partition coefficient (Wildman–Crippen LogP) is 6.61. The number of ether oxygens (including phenoxy) is 3. The third-order valence-electron chi connectivity index (χ3n) is 8.38. The van der Waals surface area contributed by atoms with Crippen molar-refractivity contribution in [2.24, 2.45) is 5.92 Å². The van der Waals surface area contributed by atoms with Crippen molar-refractivity contribution in [1.82, 2.24) is 10.0 Å². The Morgan fingerprint density at radius 3 is 1.92 bits per heavy atom. The van der Waals surface area contributed by atoms with Crippen LogP contribution in [0.4, 0.5) is 0 Å². The quantitative estimate of drug-likeness (QED) is 0.0619. The smallest absolute Gasteiger partial charge is 0.333 e. The van der Waals surface area contributed by atoms with Gasteiger partial charge >= 0.3 is 17.9 Å². The van der Waals surface area contributed by atoms with Gasteiger partial charge in [0.1, 0.15) is 17.1 Å². The van der Waals surface area contributed by atoms with Crippen LogP contribution in [0.25, 0.3) is 0 Å². The van der Waals surface area contributed by atoms with E-state index in [1.54, 1.807) is 13.0 Å². The number of benzene rings is 3. The zero-order valence-electron chi connectivity index (χ0n) is 29.4. The van der Waals surface area contributed by atoms with Crippen LogP contribution in [-0.2, 0) is 41.8 Å². The number of hydrogen-bond acceptors (Lipinski definition) is 10. The van der Waals surface area contributed by atoms with Crippen molar-refractivity contribution in [3.8, 4) is 11.5 Å². The normalized spacial score (nSPS) is 14.3. The van der Waals surface area contributed by atoms with Crippen LogP contribution in [0.2, 0.25) is 0 Å². The summed E-state index contributed by atoms with van der Waals surface area (Å²) in [6.45, 7) is 7.26. The summed E-state index contributed by atoms with van der Waals surface area (Å²) >= 11 is 2.42. The minimum Gasteiger partial charge on any atom is -0.492 e. The molecule has 2 N–H and O–H groups in total. The van der Waals surface area contributed by atoms with Gasteiger partial charge in [0.25, 0.3) is 11.8 Å². The van der Waals surface area contributed by atoms with Crippen LogP contribution in [0.15, 0.2) is 98.5 Å². The number of thioether (sulfide) groups is 2. The second-order valence-corrected chi connectivity index (χ2v) is 14.8. The molecule has 1 fully saturated rings. The largest absolute Gasteiger partial charge is 0.492 e. The molecule has 14 heteroatoms. The number of amides is 2. The van der Waals surface area contributed by atoms with Gasteiger partial charge in [-0.2, -0.15) is 0 Å². The van der Waals surface area contributed by atoms with Gasteiger partial charge < -0.3 is 24.4 Å². The fourth-order valence-electron chi connectivity index (χ4n) is 5.59. The average Bonchev–Trinajstić information content (AvgIpc) is 3.65. The molecule has 5 rings (SSSR count). The second kappa shape index (κ2) is 18.0. The number of esters is 1. The number of carbonyl (C=O) groups is 5. The Bertz CT molecular complexity index is 1850. The number of carboxylic acid groups (broad SMARTS) is 2. The summed E-state index contributed by atoms with van der Waals surface area (Å²) in [4.78, 5) is 64.5. The number of aryl methyl sites for hydroxylation is 1. The zero-order chi connectivity index (χ0) is 38.1. The molecule has 12 nitrogen and oxygen atoms in total. The molecule has 1 unspecified atom stereocenters.